The van der Waals surface area contributed by atoms with E-state index in [-0.39, 0.29) is 13.0 Å². The zero-order valence-electron chi connectivity index (χ0n) is 16.2. The zero-order valence-corrected chi connectivity index (χ0v) is 16.2. The number of aliphatic hydroxyl groups is 2. The lowest BCUT2D eigenvalue weighted by Crippen LogP contribution is -2.17. The first-order valence-electron chi connectivity index (χ1n) is 10.3. The molecule has 148 valence electrons. The number of unbranched alkanes of at least 4 members (excludes halogenated alkanes) is 7. The second-order valence-electron chi connectivity index (χ2n) is 7.18. The maximum atomic E-state index is 10.6. The Morgan fingerprint density at radius 2 is 1.52 bits per heavy atom. The summed E-state index contributed by atoms with van der Waals surface area (Å²) in [7, 11) is 0. The van der Waals surface area contributed by atoms with Crippen LogP contribution >= 0.6 is 0 Å². The lowest BCUT2D eigenvalue weighted by Gasteiger charge is -2.18. The number of rotatable bonds is 18. The largest absolute Gasteiger partial charge is 0.481 e. The van der Waals surface area contributed by atoms with E-state index in [1.54, 1.807) is 0 Å². The first-order chi connectivity index (χ1) is 12.1. The van der Waals surface area contributed by atoms with Gasteiger partial charge in [-0.05, 0) is 50.9 Å². The summed E-state index contributed by atoms with van der Waals surface area (Å²) < 4.78 is 0. The van der Waals surface area contributed by atoms with Crippen LogP contribution in [0.4, 0.5) is 0 Å². The van der Waals surface area contributed by atoms with E-state index >= 15 is 0 Å². The van der Waals surface area contributed by atoms with Crippen molar-refractivity contribution in [2.45, 2.75) is 103 Å². The molecular weight excluding hydrogens is 316 g/mol. The molecule has 25 heavy (non-hydrogen) atoms. The average Bonchev–Trinajstić information content (AvgIpc) is 2.58. The number of carbonyl (C=O) groups is 1. The maximum Gasteiger partial charge on any atom is 0.303 e. The molecule has 2 atom stereocenters. The van der Waals surface area contributed by atoms with Gasteiger partial charge in [-0.2, -0.15) is 0 Å². The van der Waals surface area contributed by atoms with Gasteiger partial charge in [0.05, 0.1) is 12.7 Å². The maximum absolute atomic E-state index is 10.6. The predicted molar refractivity (Wildman–Crippen MR) is 104 cm³/mol. The molecule has 4 heteroatoms. The van der Waals surface area contributed by atoms with Crippen LogP contribution in [-0.4, -0.2) is 34.0 Å². The van der Waals surface area contributed by atoms with Crippen molar-refractivity contribution in [2.75, 3.05) is 6.61 Å². The fourth-order valence-electron chi connectivity index (χ4n) is 3.18. The highest BCUT2D eigenvalue weighted by Crippen LogP contribution is 2.22. The van der Waals surface area contributed by atoms with Crippen molar-refractivity contribution in [2.24, 2.45) is 5.92 Å². The molecule has 0 aliphatic heterocycles. The fraction of sp³-hybridized carbons (Fsp3) is 0.857. The first-order valence-corrected chi connectivity index (χ1v) is 10.3. The zero-order chi connectivity index (χ0) is 18.8. The Balaban J connectivity index is 3.76. The molecule has 4 nitrogen and oxygen atoms in total. The Bertz CT molecular complexity index is 328. The Morgan fingerprint density at radius 1 is 0.920 bits per heavy atom. The van der Waals surface area contributed by atoms with Crippen LogP contribution in [-0.2, 0) is 4.79 Å². The van der Waals surface area contributed by atoms with Crippen molar-refractivity contribution >= 4 is 5.97 Å². The third kappa shape index (κ3) is 17.7. The van der Waals surface area contributed by atoms with Crippen molar-refractivity contribution in [3.8, 4) is 0 Å². The second kappa shape index (κ2) is 17.9. The first kappa shape index (κ1) is 24.1. The number of allylic oxidation sites excluding steroid dienone is 2. The molecule has 0 aliphatic rings. The molecule has 0 bridgehead atoms. The summed E-state index contributed by atoms with van der Waals surface area (Å²) in [5.74, 6) is -0.465. The SMILES string of the molecule is CCCCCCCCC=CCCCC(CCCC(=O)O)CC(O)CO. The van der Waals surface area contributed by atoms with Gasteiger partial charge in [-0.1, -0.05) is 57.6 Å². The summed E-state index contributed by atoms with van der Waals surface area (Å²) in [6.45, 7) is 2.03. The van der Waals surface area contributed by atoms with Gasteiger partial charge in [0.1, 0.15) is 0 Å². The van der Waals surface area contributed by atoms with E-state index in [1.807, 2.05) is 0 Å². The lowest BCUT2D eigenvalue weighted by atomic mass is 9.90. The topological polar surface area (TPSA) is 77.8 Å². The smallest absolute Gasteiger partial charge is 0.303 e. The monoisotopic (exact) mass is 356 g/mol. The van der Waals surface area contributed by atoms with Crippen LogP contribution in [0.25, 0.3) is 0 Å². The second-order valence-corrected chi connectivity index (χ2v) is 7.18. The molecule has 0 spiro atoms. The number of hydrogen-bond donors (Lipinski definition) is 3. The van der Waals surface area contributed by atoms with Crippen LogP contribution in [0, 0.1) is 5.92 Å². The Kier molecular flexibility index (Phi) is 17.3. The van der Waals surface area contributed by atoms with Crippen LogP contribution in [0.1, 0.15) is 96.8 Å². The highest BCUT2D eigenvalue weighted by Gasteiger charge is 2.14. The van der Waals surface area contributed by atoms with Gasteiger partial charge in [0.2, 0.25) is 0 Å². The summed E-state index contributed by atoms with van der Waals surface area (Å²) in [5.41, 5.74) is 0. The number of carboxylic acids is 1. The lowest BCUT2D eigenvalue weighted by molar-refractivity contribution is -0.137. The third-order valence-electron chi connectivity index (χ3n) is 4.69. The summed E-state index contributed by atoms with van der Waals surface area (Å²) in [6, 6.07) is 0. The molecule has 0 aromatic carbocycles. The molecule has 3 N–H and O–H groups in total. The van der Waals surface area contributed by atoms with Crippen molar-refractivity contribution in [3.63, 3.8) is 0 Å². The molecule has 2 unspecified atom stereocenters. The summed E-state index contributed by atoms with van der Waals surface area (Å²) in [5, 5.41) is 27.4. The van der Waals surface area contributed by atoms with Gasteiger partial charge >= 0.3 is 5.97 Å². The van der Waals surface area contributed by atoms with E-state index in [0.29, 0.717) is 18.8 Å². The minimum atomic E-state index is -0.765. The minimum absolute atomic E-state index is 0.184. The normalized spacial score (nSPS) is 14.0. The van der Waals surface area contributed by atoms with Crippen LogP contribution in [0.5, 0.6) is 0 Å². The summed E-state index contributed by atoms with van der Waals surface area (Å²) in [4.78, 5) is 10.6. The van der Waals surface area contributed by atoms with E-state index in [0.717, 1.165) is 32.1 Å². The molecule has 0 aromatic rings. The van der Waals surface area contributed by atoms with E-state index in [9.17, 15) is 9.90 Å². The van der Waals surface area contributed by atoms with Crippen molar-refractivity contribution in [3.05, 3.63) is 12.2 Å². The summed E-state index contributed by atoms with van der Waals surface area (Å²) in [6.07, 6.45) is 18.3. The minimum Gasteiger partial charge on any atom is -0.481 e. The average molecular weight is 357 g/mol. The van der Waals surface area contributed by atoms with E-state index in [2.05, 4.69) is 19.1 Å². The van der Waals surface area contributed by atoms with Crippen LogP contribution < -0.4 is 0 Å². The molecule has 0 saturated carbocycles. The van der Waals surface area contributed by atoms with Gasteiger partial charge in [-0.3, -0.25) is 4.79 Å². The molecule has 0 radical (unpaired) electrons. The van der Waals surface area contributed by atoms with Crippen molar-refractivity contribution < 1.29 is 20.1 Å². The quantitative estimate of drug-likeness (QED) is 0.236. The van der Waals surface area contributed by atoms with Gasteiger partial charge in [0, 0.05) is 6.42 Å². The molecule has 0 heterocycles. The van der Waals surface area contributed by atoms with Crippen LogP contribution in [0.15, 0.2) is 12.2 Å². The molecule has 0 amide bonds. The third-order valence-corrected chi connectivity index (χ3v) is 4.69. The molecule has 0 aromatic heterocycles. The molecule has 0 rings (SSSR count). The highest BCUT2D eigenvalue weighted by molar-refractivity contribution is 5.66. The fourth-order valence-corrected chi connectivity index (χ4v) is 3.18. The Hall–Kier alpha value is -0.870. The predicted octanol–water partition coefficient (Wildman–Crippen LogP) is 5.08. The van der Waals surface area contributed by atoms with Gasteiger partial charge in [-0.15, -0.1) is 0 Å². The van der Waals surface area contributed by atoms with Crippen LogP contribution in [0.2, 0.25) is 0 Å². The van der Waals surface area contributed by atoms with Crippen molar-refractivity contribution in [1.29, 1.82) is 0 Å². The van der Waals surface area contributed by atoms with Crippen LogP contribution in [0.3, 0.4) is 0 Å². The Morgan fingerprint density at radius 3 is 2.16 bits per heavy atom. The van der Waals surface area contributed by atoms with Gasteiger partial charge in [0.25, 0.3) is 0 Å². The van der Waals surface area contributed by atoms with E-state index < -0.39 is 12.1 Å². The standard InChI is InChI=1S/C21H40O4/c1-2-3-4-5-6-7-8-9-10-11-12-14-19(17-20(23)18-22)15-13-16-21(24)25/h9-10,19-20,22-23H,2-8,11-18H2,1H3,(H,24,25). The number of hydrogen-bond acceptors (Lipinski definition) is 3. The highest BCUT2D eigenvalue weighted by atomic mass is 16.4. The number of aliphatic hydroxyl groups excluding tert-OH is 2. The van der Waals surface area contributed by atoms with E-state index in [1.165, 1.54) is 38.5 Å². The van der Waals surface area contributed by atoms with Crippen molar-refractivity contribution in [1.82, 2.24) is 0 Å². The van der Waals surface area contributed by atoms with E-state index in [4.69, 9.17) is 10.2 Å². The number of carboxylic acid groups (broad SMARTS) is 1. The molecule has 0 saturated heterocycles. The van der Waals surface area contributed by atoms with Gasteiger partial charge < -0.3 is 15.3 Å². The number of aliphatic carboxylic acids is 1. The summed E-state index contributed by atoms with van der Waals surface area (Å²) >= 11 is 0. The van der Waals surface area contributed by atoms with Gasteiger partial charge in [0.15, 0.2) is 0 Å². The molecule has 0 aliphatic carbocycles. The molecule has 0 fully saturated rings. The molecular formula is C21H40O4. The Labute approximate surface area is 154 Å². The van der Waals surface area contributed by atoms with Gasteiger partial charge in [-0.25, -0.2) is 0 Å².